The number of nitrogens with one attached hydrogen (secondary N) is 2. The van der Waals surface area contributed by atoms with Crippen molar-refractivity contribution >= 4 is 29.7 Å². The van der Waals surface area contributed by atoms with E-state index >= 15 is 0 Å². The maximum Gasteiger partial charge on any atom is 0.321 e. The molecule has 7 heteroatoms. The van der Waals surface area contributed by atoms with Gasteiger partial charge in [-0.1, -0.05) is 0 Å². The van der Waals surface area contributed by atoms with E-state index < -0.39 is 23.2 Å². The van der Waals surface area contributed by atoms with E-state index in [9.17, 15) is 14.4 Å². The fraction of sp³-hybridized carbons (Fsp3) is 0.571. The Balaban J connectivity index is 3.87. The average molecular weight is 220 g/mol. The van der Waals surface area contributed by atoms with Crippen LogP contribution in [0.15, 0.2) is 0 Å². The fourth-order valence-corrected chi connectivity index (χ4v) is 1.15. The molecule has 0 spiro atoms. The number of amides is 3. The first-order chi connectivity index (χ1) is 6.47. The summed E-state index contributed by atoms with van der Waals surface area (Å²) in [5, 5.41) is 12.0. The predicted octanol–water partition coefficient (Wildman–Crippen LogP) is -0.352. The lowest BCUT2D eigenvalue weighted by Crippen LogP contribution is -2.41. The van der Waals surface area contributed by atoms with Gasteiger partial charge in [-0.05, 0) is 6.92 Å². The molecule has 0 heterocycles. The molecule has 80 valence electrons. The molecule has 3 N–H and O–H groups in total. The number of carboxylic acid groups (broad SMARTS) is 1. The minimum absolute atomic E-state index is 0.164. The Kier molecular flexibility index (Phi) is 5.70. The van der Waals surface area contributed by atoms with Crippen molar-refractivity contribution in [2.45, 2.75) is 12.2 Å². The van der Waals surface area contributed by atoms with Gasteiger partial charge in [-0.25, -0.2) is 4.79 Å². The molecule has 0 bridgehead atoms. The van der Waals surface area contributed by atoms with Crippen molar-refractivity contribution < 1.29 is 19.5 Å². The van der Waals surface area contributed by atoms with Crippen LogP contribution in [0.2, 0.25) is 0 Å². The van der Waals surface area contributed by atoms with Gasteiger partial charge in [-0.3, -0.25) is 14.9 Å². The maximum atomic E-state index is 11.1. The van der Waals surface area contributed by atoms with Crippen LogP contribution in [0.1, 0.15) is 6.92 Å². The summed E-state index contributed by atoms with van der Waals surface area (Å²) >= 11 is 0.953. The monoisotopic (exact) mass is 220 g/mol. The number of urea groups is 1. The first-order valence-electron chi connectivity index (χ1n) is 3.83. The molecule has 0 aliphatic heterocycles. The standard InChI is InChI=1S/C7H12N2O4S/c1-4(14-3-5(10)11)6(12)9-7(13)8-2/h4H,3H2,1-2H3,(H,10,11)(H2,8,9,12,13). The Labute approximate surface area is 85.4 Å². The highest BCUT2D eigenvalue weighted by Gasteiger charge is 2.16. The van der Waals surface area contributed by atoms with E-state index in [0.29, 0.717) is 0 Å². The normalized spacial score (nSPS) is 11.6. The quantitative estimate of drug-likeness (QED) is 0.601. The summed E-state index contributed by atoms with van der Waals surface area (Å²) in [5.41, 5.74) is 0. The molecule has 1 unspecified atom stereocenters. The van der Waals surface area contributed by atoms with Gasteiger partial charge >= 0.3 is 12.0 Å². The zero-order chi connectivity index (χ0) is 11.1. The molecule has 14 heavy (non-hydrogen) atoms. The molecule has 0 aliphatic carbocycles. The molecule has 1 atom stereocenters. The van der Waals surface area contributed by atoms with E-state index in [1.807, 2.05) is 0 Å². The zero-order valence-electron chi connectivity index (χ0n) is 7.86. The lowest BCUT2D eigenvalue weighted by molar-refractivity contribution is -0.133. The Morgan fingerprint density at radius 3 is 2.43 bits per heavy atom. The van der Waals surface area contributed by atoms with Crippen LogP contribution in [0.4, 0.5) is 4.79 Å². The minimum atomic E-state index is -0.991. The second kappa shape index (κ2) is 6.25. The summed E-state index contributed by atoms with van der Waals surface area (Å²) in [5.74, 6) is -1.66. The average Bonchev–Trinajstić information content (AvgIpc) is 2.13. The van der Waals surface area contributed by atoms with E-state index in [1.54, 1.807) is 0 Å². The molecule has 0 fully saturated rings. The summed E-state index contributed by atoms with van der Waals surface area (Å²) < 4.78 is 0. The third-order valence-electron chi connectivity index (χ3n) is 1.29. The molecule has 0 rings (SSSR count). The Morgan fingerprint density at radius 1 is 1.43 bits per heavy atom. The molecule has 0 aromatic rings. The third kappa shape index (κ3) is 5.41. The molecule has 0 aliphatic rings. The van der Waals surface area contributed by atoms with Crippen molar-refractivity contribution in [1.29, 1.82) is 0 Å². The van der Waals surface area contributed by atoms with Crippen molar-refractivity contribution in [3.05, 3.63) is 0 Å². The number of hydrogen-bond donors (Lipinski definition) is 3. The topological polar surface area (TPSA) is 95.5 Å². The van der Waals surface area contributed by atoms with Crippen LogP contribution < -0.4 is 10.6 Å². The summed E-state index contributed by atoms with van der Waals surface area (Å²) in [6, 6.07) is -0.599. The second-order valence-corrected chi connectivity index (χ2v) is 3.74. The lowest BCUT2D eigenvalue weighted by Gasteiger charge is -2.08. The number of aliphatic carboxylic acids is 1. The number of carbonyl (C=O) groups is 3. The van der Waals surface area contributed by atoms with Crippen LogP contribution in [-0.4, -0.2) is 41.1 Å². The molecule has 0 radical (unpaired) electrons. The Morgan fingerprint density at radius 2 is 2.00 bits per heavy atom. The molecule has 0 saturated heterocycles. The molecular formula is C7H12N2O4S. The van der Waals surface area contributed by atoms with E-state index in [0.717, 1.165) is 11.8 Å². The van der Waals surface area contributed by atoms with Gasteiger partial charge in [-0.15, -0.1) is 11.8 Å². The summed E-state index contributed by atoms with van der Waals surface area (Å²) in [7, 11) is 1.39. The van der Waals surface area contributed by atoms with Crippen molar-refractivity contribution in [1.82, 2.24) is 10.6 Å². The fourth-order valence-electron chi connectivity index (χ4n) is 0.548. The Hall–Kier alpha value is -1.24. The highest BCUT2D eigenvalue weighted by atomic mass is 32.2. The third-order valence-corrected chi connectivity index (χ3v) is 2.42. The van der Waals surface area contributed by atoms with Crippen LogP contribution in [-0.2, 0) is 9.59 Å². The highest BCUT2D eigenvalue weighted by molar-refractivity contribution is 8.01. The lowest BCUT2D eigenvalue weighted by atomic mass is 10.4. The van der Waals surface area contributed by atoms with Crippen LogP contribution in [0.5, 0.6) is 0 Å². The van der Waals surface area contributed by atoms with Gasteiger partial charge in [0.1, 0.15) is 0 Å². The van der Waals surface area contributed by atoms with Gasteiger partial charge in [0.05, 0.1) is 11.0 Å². The van der Waals surface area contributed by atoms with Gasteiger partial charge < -0.3 is 10.4 Å². The SMILES string of the molecule is CNC(=O)NC(=O)C(C)SCC(=O)O. The van der Waals surface area contributed by atoms with Crippen LogP contribution >= 0.6 is 11.8 Å². The highest BCUT2D eigenvalue weighted by Crippen LogP contribution is 2.09. The first-order valence-corrected chi connectivity index (χ1v) is 4.88. The largest absolute Gasteiger partial charge is 0.481 e. The molecule has 0 saturated carbocycles. The predicted molar refractivity (Wildman–Crippen MR) is 52.2 cm³/mol. The van der Waals surface area contributed by atoms with Crippen molar-refractivity contribution in [2.24, 2.45) is 0 Å². The van der Waals surface area contributed by atoms with Crippen LogP contribution in [0, 0.1) is 0 Å². The van der Waals surface area contributed by atoms with Gasteiger partial charge in [-0.2, -0.15) is 0 Å². The van der Waals surface area contributed by atoms with Gasteiger partial charge in [0.2, 0.25) is 5.91 Å². The minimum Gasteiger partial charge on any atom is -0.481 e. The van der Waals surface area contributed by atoms with Crippen LogP contribution in [0.25, 0.3) is 0 Å². The number of thioether (sulfide) groups is 1. The Bertz CT molecular complexity index is 244. The molecule has 0 aromatic carbocycles. The number of imide groups is 1. The molecule has 3 amide bonds. The second-order valence-electron chi connectivity index (χ2n) is 2.42. The summed E-state index contributed by atoms with van der Waals surface area (Å²) in [4.78, 5) is 32.0. The van der Waals surface area contributed by atoms with E-state index in [1.165, 1.54) is 14.0 Å². The first kappa shape index (κ1) is 12.8. The molecule has 6 nitrogen and oxygen atoms in total. The number of carbonyl (C=O) groups excluding carboxylic acids is 2. The van der Waals surface area contributed by atoms with Crippen molar-refractivity contribution in [3.63, 3.8) is 0 Å². The number of hydrogen-bond acceptors (Lipinski definition) is 4. The van der Waals surface area contributed by atoms with E-state index in [-0.39, 0.29) is 5.75 Å². The summed E-state index contributed by atoms with van der Waals surface area (Å²) in [6.45, 7) is 1.53. The van der Waals surface area contributed by atoms with Crippen molar-refractivity contribution in [2.75, 3.05) is 12.8 Å². The maximum absolute atomic E-state index is 11.1. The van der Waals surface area contributed by atoms with Crippen molar-refractivity contribution in [3.8, 4) is 0 Å². The van der Waals surface area contributed by atoms with Gasteiger partial charge in [0.25, 0.3) is 0 Å². The number of carboxylic acids is 1. The molecule has 0 aromatic heterocycles. The van der Waals surface area contributed by atoms with Crippen LogP contribution in [0.3, 0.4) is 0 Å². The van der Waals surface area contributed by atoms with E-state index in [2.05, 4.69) is 10.6 Å². The molecular weight excluding hydrogens is 208 g/mol. The smallest absolute Gasteiger partial charge is 0.321 e. The summed E-state index contributed by atoms with van der Waals surface area (Å²) in [6.07, 6.45) is 0. The van der Waals surface area contributed by atoms with E-state index in [4.69, 9.17) is 5.11 Å². The number of rotatable bonds is 4. The zero-order valence-corrected chi connectivity index (χ0v) is 8.68. The van der Waals surface area contributed by atoms with Gasteiger partial charge in [0.15, 0.2) is 0 Å². The van der Waals surface area contributed by atoms with Gasteiger partial charge in [0, 0.05) is 7.05 Å².